The first kappa shape index (κ1) is 18.9. The Labute approximate surface area is 150 Å². The van der Waals surface area contributed by atoms with Gasteiger partial charge in [0, 0.05) is 19.3 Å². The summed E-state index contributed by atoms with van der Waals surface area (Å²) in [7, 11) is 0. The lowest BCUT2D eigenvalue weighted by atomic mass is 9.97. The smallest absolute Gasteiger partial charge is 0.256 e. The van der Waals surface area contributed by atoms with Crippen molar-refractivity contribution < 1.29 is 4.79 Å². The van der Waals surface area contributed by atoms with Crippen LogP contribution in [0.2, 0.25) is 0 Å². The summed E-state index contributed by atoms with van der Waals surface area (Å²) in [4.78, 5) is 21.1. The van der Waals surface area contributed by atoms with Crippen LogP contribution < -0.4 is 10.6 Å². The van der Waals surface area contributed by atoms with Crippen molar-refractivity contribution in [3.63, 3.8) is 0 Å². The van der Waals surface area contributed by atoms with Gasteiger partial charge in [0.2, 0.25) is 0 Å². The van der Waals surface area contributed by atoms with Crippen LogP contribution in [-0.4, -0.2) is 29.0 Å². The molecular weight excluding hydrogens is 312 g/mol. The molecule has 0 saturated heterocycles. The van der Waals surface area contributed by atoms with Gasteiger partial charge in [-0.15, -0.1) is 0 Å². The minimum absolute atomic E-state index is 0.0953. The lowest BCUT2D eigenvalue weighted by molar-refractivity contribution is 0.0954. The molecule has 0 unspecified atom stereocenters. The highest BCUT2D eigenvalue weighted by Crippen LogP contribution is 2.17. The maximum absolute atomic E-state index is 12.5. The zero-order valence-electron chi connectivity index (χ0n) is 15.8. The van der Waals surface area contributed by atoms with Gasteiger partial charge < -0.3 is 10.6 Å². The third-order valence-corrected chi connectivity index (χ3v) is 3.76. The number of nitrogens with zero attached hydrogens (tertiary/aromatic N) is 2. The summed E-state index contributed by atoms with van der Waals surface area (Å²) >= 11 is 0. The van der Waals surface area contributed by atoms with E-state index in [4.69, 9.17) is 0 Å². The van der Waals surface area contributed by atoms with Crippen LogP contribution in [-0.2, 0) is 6.42 Å². The second-order valence-electron chi connectivity index (χ2n) is 7.59. The summed E-state index contributed by atoms with van der Waals surface area (Å²) in [6.45, 7) is 11.6. The van der Waals surface area contributed by atoms with Gasteiger partial charge in [-0.05, 0) is 31.2 Å². The number of carbonyl (C=O) groups excluding carboxylic acids is 1. The molecule has 0 aliphatic rings. The molecule has 1 aromatic carbocycles. The molecule has 0 spiro atoms. The molecule has 5 heteroatoms. The summed E-state index contributed by atoms with van der Waals surface area (Å²) in [6.07, 6.45) is 2.39. The Hall–Kier alpha value is -2.43. The van der Waals surface area contributed by atoms with E-state index in [9.17, 15) is 4.79 Å². The maximum atomic E-state index is 12.5. The summed E-state index contributed by atoms with van der Waals surface area (Å²) in [6, 6.07) is 8.35. The van der Waals surface area contributed by atoms with Crippen LogP contribution in [0.15, 0.2) is 30.5 Å². The SMILES string of the molecule is Cc1ccc(CCNC(=O)c2cnc(C)nc2NCC(C)(C)C)cc1. The fourth-order valence-corrected chi connectivity index (χ4v) is 2.29. The van der Waals surface area contributed by atoms with Gasteiger partial charge in [-0.25, -0.2) is 9.97 Å². The molecule has 0 radical (unpaired) electrons. The normalized spacial score (nSPS) is 11.2. The van der Waals surface area contributed by atoms with Gasteiger partial charge in [-0.2, -0.15) is 0 Å². The first-order valence-corrected chi connectivity index (χ1v) is 8.66. The Balaban J connectivity index is 1.99. The largest absolute Gasteiger partial charge is 0.369 e. The standard InChI is InChI=1S/C20H28N4O/c1-14-6-8-16(9-7-14)10-11-21-19(25)17-12-22-15(2)24-18(17)23-13-20(3,4)5/h6-9,12H,10-11,13H2,1-5H3,(H,21,25)(H,22,23,24). The molecule has 0 saturated carbocycles. The zero-order valence-corrected chi connectivity index (χ0v) is 15.8. The summed E-state index contributed by atoms with van der Waals surface area (Å²) in [5.41, 5.74) is 3.02. The maximum Gasteiger partial charge on any atom is 0.256 e. The van der Waals surface area contributed by atoms with Crippen LogP contribution in [0.1, 0.15) is 48.1 Å². The number of hydrogen-bond donors (Lipinski definition) is 2. The first-order chi connectivity index (χ1) is 11.7. The third kappa shape index (κ3) is 6.18. The van der Waals surface area contributed by atoms with Crippen molar-refractivity contribution in [2.24, 2.45) is 5.41 Å². The van der Waals surface area contributed by atoms with Crippen molar-refractivity contribution in [1.82, 2.24) is 15.3 Å². The Morgan fingerprint density at radius 1 is 1.12 bits per heavy atom. The average molecular weight is 340 g/mol. The van der Waals surface area contributed by atoms with E-state index in [2.05, 4.69) is 72.6 Å². The number of aryl methyl sites for hydroxylation is 2. The Kier molecular flexibility index (Phi) is 6.12. The second-order valence-corrected chi connectivity index (χ2v) is 7.59. The van der Waals surface area contributed by atoms with Crippen LogP contribution in [0.4, 0.5) is 5.82 Å². The summed E-state index contributed by atoms with van der Waals surface area (Å²) in [5.74, 6) is 1.09. The number of nitrogens with one attached hydrogen (secondary N) is 2. The molecule has 1 aromatic heterocycles. The molecule has 2 rings (SSSR count). The van der Waals surface area contributed by atoms with E-state index in [1.807, 2.05) is 6.92 Å². The number of amides is 1. The number of benzene rings is 1. The average Bonchev–Trinajstić information content (AvgIpc) is 2.54. The van der Waals surface area contributed by atoms with E-state index in [1.54, 1.807) is 6.20 Å². The first-order valence-electron chi connectivity index (χ1n) is 8.66. The van der Waals surface area contributed by atoms with Gasteiger partial charge in [-0.1, -0.05) is 50.6 Å². The van der Waals surface area contributed by atoms with Crippen LogP contribution in [0.5, 0.6) is 0 Å². The number of aromatic nitrogens is 2. The molecule has 134 valence electrons. The van der Waals surface area contributed by atoms with Crippen molar-refractivity contribution in [3.8, 4) is 0 Å². The van der Waals surface area contributed by atoms with Crippen LogP contribution in [0.25, 0.3) is 0 Å². The van der Waals surface area contributed by atoms with Crippen LogP contribution >= 0.6 is 0 Å². The highest BCUT2D eigenvalue weighted by atomic mass is 16.1. The number of carbonyl (C=O) groups is 1. The Morgan fingerprint density at radius 2 is 1.80 bits per heavy atom. The van der Waals surface area contributed by atoms with Crippen molar-refractivity contribution in [3.05, 3.63) is 53.0 Å². The van der Waals surface area contributed by atoms with Gasteiger partial charge in [0.25, 0.3) is 5.91 Å². The number of anilines is 1. The molecule has 25 heavy (non-hydrogen) atoms. The van der Waals surface area contributed by atoms with Gasteiger partial charge in [0.1, 0.15) is 17.2 Å². The summed E-state index contributed by atoms with van der Waals surface area (Å²) < 4.78 is 0. The van der Waals surface area contributed by atoms with Gasteiger partial charge in [-0.3, -0.25) is 4.79 Å². The fraction of sp³-hybridized carbons (Fsp3) is 0.450. The van der Waals surface area contributed by atoms with Crippen LogP contribution in [0, 0.1) is 19.3 Å². The topological polar surface area (TPSA) is 66.9 Å². The lowest BCUT2D eigenvalue weighted by Crippen LogP contribution is -2.28. The lowest BCUT2D eigenvalue weighted by Gasteiger charge is -2.20. The molecule has 1 heterocycles. The van der Waals surface area contributed by atoms with E-state index >= 15 is 0 Å². The number of rotatable bonds is 6. The minimum Gasteiger partial charge on any atom is -0.369 e. The van der Waals surface area contributed by atoms with E-state index in [0.717, 1.165) is 13.0 Å². The second kappa shape index (κ2) is 8.10. The molecule has 2 aromatic rings. The molecular formula is C20H28N4O. The molecule has 1 amide bonds. The zero-order chi connectivity index (χ0) is 18.4. The highest BCUT2D eigenvalue weighted by molar-refractivity contribution is 5.98. The number of hydrogen-bond acceptors (Lipinski definition) is 4. The van der Waals surface area contributed by atoms with E-state index in [1.165, 1.54) is 11.1 Å². The highest BCUT2D eigenvalue weighted by Gasteiger charge is 2.16. The Bertz CT molecular complexity index is 717. The van der Waals surface area contributed by atoms with Crippen molar-refractivity contribution in [2.75, 3.05) is 18.4 Å². The van der Waals surface area contributed by atoms with E-state index < -0.39 is 0 Å². The van der Waals surface area contributed by atoms with E-state index in [0.29, 0.717) is 23.8 Å². The van der Waals surface area contributed by atoms with Gasteiger partial charge >= 0.3 is 0 Å². The van der Waals surface area contributed by atoms with E-state index in [-0.39, 0.29) is 11.3 Å². The molecule has 5 nitrogen and oxygen atoms in total. The third-order valence-electron chi connectivity index (χ3n) is 3.76. The predicted octanol–water partition coefficient (Wildman–Crippen LogP) is 3.52. The summed E-state index contributed by atoms with van der Waals surface area (Å²) in [5, 5.41) is 6.24. The van der Waals surface area contributed by atoms with Crippen molar-refractivity contribution in [1.29, 1.82) is 0 Å². The quantitative estimate of drug-likeness (QED) is 0.844. The van der Waals surface area contributed by atoms with Crippen molar-refractivity contribution >= 4 is 11.7 Å². The molecule has 2 N–H and O–H groups in total. The molecule has 0 fully saturated rings. The predicted molar refractivity (Wildman–Crippen MR) is 102 cm³/mol. The Morgan fingerprint density at radius 3 is 2.44 bits per heavy atom. The molecule has 0 bridgehead atoms. The monoisotopic (exact) mass is 340 g/mol. The van der Waals surface area contributed by atoms with Gasteiger partial charge in [0.15, 0.2) is 0 Å². The molecule has 0 atom stereocenters. The molecule has 0 aliphatic heterocycles. The van der Waals surface area contributed by atoms with Gasteiger partial charge in [0.05, 0.1) is 0 Å². The minimum atomic E-state index is -0.150. The van der Waals surface area contributed by atoms with Crippen molar-refractivity contribution in [2.45, 2.75) is 41.0 Å². The fourth-order valence-electron chi connectivity index (χ4n) is 2.29. The molecule has 0 aliphatic carbocycles. The van der Waals surface area contributed by atoms with Crippen LogP contribution in [0.3, 0.4) is 0 Å².